The maximum atomic E-state index is 13.6. The number of alkyl carbamates (subject to hydrolysis) is 1. The molecule has 51 heavy (non-hydrogen) atoms. The monoisotopic (exact) mass is 693 g/mol. The molecule has 12 heteroatoms. The largest absolute Gasteiger partial charge is 0.444 e. The zero-order valence-electron chi connectivity index (χ0n) is 29.4. The Morgan fingerprint density at radius 3 is 2.14 bits per heavy atom. The zero-order valence-corrected chi connectivity index (χ0v) is 29.4. The summed E-state index contributed by atoms with van der Waals surface area (Å²) in [5, 5.41) is 14.7. The number of nitrogens with one attached hydrogen (secondary N) is 2. The van der Waals surface area contributed by atoms with Crippen LogP contribution in [-0.4, -0.2) is 95.0 Å². The molecule has 2 N–H and O–H groups in total. The number of nitrogens with zero attached hydrogens (tertiary/aromatic N) is 5. The first kappa shape index (κ1) is 37.0. The van der Waals surface area contributed by atoms with Crippen molar-refractivity contribution in [1.82, 2.24) is 30.3 Å². The van der Waals surface area contributed by atoms with Crippen LogP contribution in [0.25, 0.3) is 0 Å². The lowest BCUT2D eigenvalue weighted by Gasteiger charge is -2.34. The van der Waals surface area contributed by atoms with E-state index >= 15 is 0 Å². The average Bonchev–Trinajstić information content (AvgIpc) is 3.11. The van der Waals surface area contributed by atoms with Crippen LogP contribution in [-0.2, 0) is 17.8 Å². The van der Waals surface area contributed by atoms with Crippen LogP contribution in [0.5, 0.6) is 0 Å². The summed E-state index contributed by atoms with van der Waals surface area (Å²) < 4.78 is 18.6. The van der Waals surface area contributed by atoms with Gasteiger partial charge in [-0.2, -0.15) is 5.26 Å². The van der Waals surface area contributed by atoms with Gasteiger partial charge in [0.1, 0.15) is 17.1 Å². The number of benzene rings is 2. The predicted molar refractivity (Wildman–Crippen MR) is 190 cm³/mol. The molecule has 2 aliphatic heterocycles. The van der Waals surface area contributed by atoms with Crippen LogP contribution < -0.4 is 10.6 Å². The summed E-state index contributed by atoms with van der Waals surface area (Å²) in [5.74, 6) is 4.97. The van der Waals surface area contributed by atoms with Gasteiger partial charge in [-0.3, -0.25) is 19.4 Å². The Balaban J connectivity index is 1.22. The number of hydrogen-bond acceptors (Lipinski definition) is 8. The number of piperidine rings is 1. The van der Waals surface area contributed by atoms with Gasteiger partial charge in [-0.15, -0.1) is 0 Å². The van der Waals surface area contributed by atoms with Crippen molar-refractivity contribution < 1.29 is 23.5 Å². The van der Waals surface area contributed by atoms with Gasteiger partial charge in [0.25, 0.3) is 11.8 Å². The van der Waals surface area contributed by atoms with Crippen molar-refractivity contribution in [2.75, 3.05) is 45.8 Å². The number of piperazine rings is 1. The molecule has 0 aliphatic carbocycles. The lowest BCUT2D eigenvalue weighted by atomic mass is 10.0. The molecule has 2 saturated heterocycles. The summed E-state index contributed by atoms with van der Waals surface area (Å²) in [7, 11) is 0. The Hall–Kier alpha value is -5.30. The molecule has 3 aromatic rings. The summed E-state index contributed by atoms with van der Waals surface area (Å²) in [4.78, 5) is 50.0. The Kier molecular flexibility index (Phi) is 12.4. The van der Waals surface area contributed by atoms with Crippen molar-refractivity contribution in [2.45, 2.75) is 58.3 Å². The number of pyridine rings is 1. The Morgan fingerprint density at radius 1 is 0.922 bits per heavy atom. The highest BCUT2D eigenvalue weighted by Crippen LogP contribution is 2.18. The van der Waals surface area contributed by atoms with Gasteiger partial charge in [0.05, 0.1) is 29.3 Å². The number of carbonyl (C=O) groups is 3. The highest BCUT2D eigenvalue weighted by Gasteiger charge is 2.26. The van der Waals surface area contributed by atoms with Crippen LogP contribution in [0.3, 0.4) is 0 Å². The summed E-state index contributed by atoms with van der Waals surface area (Å²) >= 11 is 0. The van der Waals surface area contributed by atoms with Gasteiger partial charge in [0.2, 0.25) is 0 Å². The fourth-order valence-corrected chi connectivity index (χ4v) is 6.00. The number of amides is 3. The molecule has 0 saturated carbocycles. The molecule has 0 unspecified atom stereocenters. The molecule has 2 aromatic carbocycles. The molecule has 2 fully saturated rings. The summed E-state index contributed by atoms with van der Waals surface area (Å²) in [6.45, 7) is 10.6. The number of nitriles is 1. The smallest absolute Gasteiger partial charge is 0.408 e. The third kappa shape index (κ3) is 11.1. The standard InChI is InChI=1S/C39H44FN7O4/c1-39(2,3)51-38(50)42-16-4-5-31-23-32(37(49)47-21-19-46(20-22-47)27-30-10-12-33(40)13-11-30)25-43-35(31)36(48)44-34-14-17-45(18-15-34)26-29-8-6-28(24-41)7-9-29/h6-13,23,25,34H,14-22,26-27H2,1-3H3,(H,42,50)(H,44,48). The van der Waals surface area contributed by atoms with Crippen LogP contribution in [0.4, 0.5) is 9.18 Å². The maximum Gasteiger partial charge on any atom is 0.408 e. The van der Waals surface area contributed by atoms with E-state index in [9.17, 15) is 18.8 Å². The molecule has 266 valence electrons. The highest BCUT2D eigenvalue weighted by atomic mass is 19.1. The lowest BCUT2D eigenvalue weighted by Crippen LogP contribution is -2.48. The second-order valence-corrected chi connectivity index (χ2v) is 13.8. The van der Waals surface area contributed by atoms with Crippen molar-refractivity contribution in [1.29, 1.82) is 5.26 Å². The molecule has 5 rings (SSSR count). The first-order valence-electron chi connectivity index (χ1n) is 17.2. The van der Waals surface area contributed by atoms with Gasteiger partial charge in [-0.05, 0) is 75.1 Å². The molecule has 1 aromatic heterocycles. The minimum absolute atomic E-state index is 0.0259. The Morgan fingerprint density at radius 2 is 1.53 bits per heavy atom. The van der Waals surface area contributed by atoms with Crippen molar-refractivity contribution in [3.8, 4) is 17.9 Å². The predicted octanol–water partition coefficient (Wildman–Crippen LogP) is 4.32. The normalized spacial score (nSPS) is 15.6. The van der Waals surface area contributed by atoms with Gasteiger partial charge in [-0.1, -0.05) is 36.1 Å². The third-order valence-corrected chi connectivity index (χ3v) is 8.68. The minimum Gasteiger partial charge on any atom is -0.444 e. The summed E-state index contributed by atoms with van der Waals surface area (Å²) in [6.07, 6.45) is 2.33. The van der Waals surface area contributed by atoms with E-state index in [4.69, 9.17) is 10.00 Å². The second-order valence-electron chi connectivity index (χ2n) is 13.8. The van der Waals surface area contributed by atoms with Crippen LogP contribution >= 0.6 is 0 Å². The molecule has 0 spiro atoms. The quantitative estimate of drug-likeness (QED) is 0.334. The van der Waals surface area contributed by atoms with Crippen molar-refractivity contribution >= 4 is 17.9 Å². The van der Waals surface area contributed by atoms with Crippen molar-refractivity contribution in [2.24, 2.45) is 0 Å². The van der Waals surface area contributed by atoms with Crippen LogP contribution in [0.2, 0.25) is 0 Å². The molecular formula is C39H44FN7O4. The first-order chi connectivity index (χ1) is 24.5. The molecule has 0 bridgehead atoms. The Labute approximate surface area is 298 Å². The number of ether oxygens (including phenoxy) is 1. The van der Waals surface area contributed by atoms with E-state index in [-0.39, 0.29) is 41.5 Å². The van der Waals surface area contributed by atoms with Gasteiger partial charge >= 0.3 is 6.09 Å². The van der Waals surface area contributed by atoms with Crippen LogP contribution in [0.15, 0.2) is 60.8 Å². The molecule has 2 aliphatic rings. The minimum atomic E-state index is -0.659. The second kappa shape index (κ2) is 17.1. The van der Waals surface area contributed by atoms with Crippen molar-refractivity contribution in [3.63, 3.8) is 0 Å². The number of likely N-dealkylation sites (tertiary alicyclic amines) is 1. The Bertz CT molecular complexity index is 1790. The fourth-order valence-electron chi connectivity index (χ4n) is 6.00. The number of hydrogen-bond donors (Lipinski definition) is 2. The van der Waals surface area contributed by atoms with E-state index in [1.165, 1.54) is 18.3 Å². The summed E-state index contributed by atoms with van der Waals surface area (Å²) in [6, 6.07) is 17.7. The van der Waals surface area contributed by atoms with Crippen molar-refractivity contribution in [3.05, 3.63) is 100 Å². The SMILES string of the molecule is CC(C)(C)OC(=O)NCC#Cc1cc(C(=O)N2CCN(Cc3ccc(F)cc3)CC2)cnc1C(=O)NC1CCN(Cc2ccc(C#N)cc2)CC1. The lowest BCUT2D eigenvalue weighted by molar-refractivity contribution is 0.0534. The van der Waals surface area contributed by atoms with E-state index < -0.39 is 11.7 Å². The van der Waals surface area contributed by atoms with E-state index in [0.717, 1.165) is 43.6 Å². The number of carbonyl (C=O) groups excluding carboxylic acids is 3. The molecule has 11 nitrogen and oxygen atoms in total. The first-order valence-corrected chi connectivity index (χ1v) is 17.2. The van der Waals surface area contributed by atoms with E-state index in [2.05, 4.69) is 43.3 Å². The van der Waals surface area contributed by atoms with Gasteiger partial charge < -0.3 is 20.3 Å². The van der Waals surface area contributed by atoms with Gasteiger partial charge in [0, 0.05) is 64.6 Å². The average molecular weight is 694 g/mol. The van der Waals surface area contributed by atoms with Gasteiger partial charge in [0.15, 0.2) is 0 Å². The highest BCUT2D eigenvalue weighted by molar-refractivity contribution is 5.98. The van der Waals surface area contributed by atoms with Crippen LogP contribution in [0.1, 0.15) is 76.7 Å². The fraction of sp³-hybridized carbons (Fsp3) is 0.410. The molecule has 0 radical (unpaired) electrons. The number of halogens is 1. The third-order valence-electron chi connectivity index (χ3n) is 8.68. The zero-order chi connectivity index (χ0) is 36.4. The number of rotatable bonds is 8. The molecular weight excluding hydrogens is 649 g/mol. The maximum absolute atomic E-state index is 13.6. The van der Waals surface area contributed by atoms with Gasteiger partial charge in [-0.25, -0.2) is 14.2 Å². The van der Waals surface area contributed by atoms with E-state index in [0.29, 0.717) is 43.9 Å². The van der Waals surface area contributed by atoms with Crippen LogP contribution in [0, 0.1) is 29.0 Å². The summed E-state index contributed by atoms with van der Waals surface area (Å²) in [5.41, 5.74) is 2.83. The van der Waals surface area contributed by atoms with E-state index in [1.807, 2.05) is 24.3 Å². The number of aromatic nitrogens is 1. The molecule has 3 heterocycles. The van der Waals surface area contributed by atoms with E-state index in [1.54, 1.807) is 43.9 Å². The molecule has 3 amide bonds. The molecule has 0 atom stereocenters. The topological polar surface area (TPSA) is 131 Å².